The van der Waals surface area contributed by atoms with Gasteiger partial charge in [-0.1, -0.05) is 6.92 Å². The maximum atomic E-state index is 12.8. The lowest BCUT2D eigenvalue weighted by atomic mass is 9.95. The molecule has 2 aromatic heterocycles. The van der Waals surface area contributed by atoms with Crippen molar-refractivity contribution in [3.05, 3.63) is 38.0 Å². The smallest absolute Gasteiger partial charge is 0.341 e. The number of thiophene rings is 1. The van der Waals surface area contributed by atoms with Gasteiger partial charge in [-0.2, -0.15) is 5.10 Å². The van der Waals surface area contributed by atoms with E-state index in [0.717, 1.165) is 42.5 Å². The number of hydrogen-bond acceptors (Lipinski definition) is 7. The number of aryl methyl sites for hydroxylation is 3. The number of amides is 1. The van der Waals surface area contributed by atoms with Crippen LogP contribution in [-0.2, 0) is 28.9 Å². The molecular weight excluding hydrogens is 408 g/mol. The highest BCUT2D eigenvalue weighted by atomic mass is 32.1. The van der Waals surface area contributed by atoms with Crippen LogP contribution >= 0.6 is 11.3 Å². The van der Waals surface area contributed by atoms with Crippen molar-refractivity contribution in [2.24, 2.45) is 0 Å². The molecule has 0 aromatic carbocycles. The van der Waals surface area contributed by atoms with Gasteiger partial charge < -0.3 is 10.1 Å². The Hall–Kier alpha value is -2.75. The Morgan fingerprint density at radius 2 is 2.13 bits per heavy atom. The average Bonchev–Trinajstić information content (AvgIpc) is 3.26. The van der Waals surface area contributed by atoms with Gasteiger partial charge >= 0.3 is 11.7 Å². The maximum absolute atomic E-state index is 12.8. The van der Waals surface area contributed by atoms with Crippen LogP contribution in [0.1, 0.15) is 66.0 Å². The van der Waals surface area contributed by atoms with E-state index in [-0.39, 0.29) is 30.7 Å². The van der Waals surface area contributed by atoms with Crippen LogP contribution in [0.3, 0.4) is 0 Å². The molecule has 162 valence electrons. The molecule has 1 N–H and O–H groups in total. The van der Waals surface area contributed by atoms with E-state index in [2.05, 4.69) is 10.4 Å². The SMILES string of the molecule is CCC(C)OC(=O)c1c(NC(=O)CCn2cc([N+](=O)[O-])c(C)n2)sc2c1CCCC2. The Kier molecular flexibility index (Phi) is 6.86. The quantitative estimate of drug-likeness (QED) is 0.381. The number of ether oxygens (including phenoxy) is 1. The van der Waals surface area contributed by atoms with Gasteiger partial charge in [0.15, 0.2) is 0 Å². The third kappa shape index (κ3) is 4.86. The van der Waals surface area contributed by atoms with Crippen LogP contribution < -0.4 is 5.32 Å². The second-order valence-electron chi connectivity index (χ2n) is 7.46. The molecule has 30 heavy (non-hydrogen) atoms. The molecule has 1 unspecified atom stereocenters. The summed E-state index contributed by atoms with van der Waals surface area (Å²) in [4.78, 5) is 36.9. The maximum Gasteiger partial charge on any atom is 0.341 e. The first-order valence-corrected chi connectivity index (χ1v) is 11.0. The molecule has 1 amide bonds. The fourth-order valence-corrected chi connectivity index (χ4v) is 4.69. The first-order chi connectivity index (χ1) is 14.3. The van der Waals surface area contributed by atoms with Crippen LogP contribution in [0, 0.1) is 17.0 Å². The van der Waals surface area contributed by atoms with Crippen LogP contribution in [0.5, 0.6) is 0 Å². The van der Waals surface area contributed by atoms with Gasteiger partial charge in [0.25, 0.3) is 0 Å². The third-order valence-electron chi connectivity index (χ3n) is 5.20. The van der Waals surface area contributed by atoms with Crippen molar-refractivity contribution in [3.63, 3.8) is 0 Å². The predicted octanol–water partition coefficient (Wildman–Crippen LogP) is 4.02. The van der Waals surface area contributed by atoms with E-state index in [9.17, 15) is 19.7 Å². The van der Waals surface area contributed by atoms with E-state index in [4.69, 9.17) is 4.74 Å². The zero-order chi connectivity index (χ0) is 21.8. The monoisotopic (exact) mass is 434 g/mol. The second-order valence-corrected chi connectivity index (χ2v) is 8.56. The van der Waals surface area contributed by atoms with E-state index in [0.29, 0.717) is 16.3 Å². The molecule has 0 bridgehead atoms. The molecule has 0 saturated heterocycles. The number of aromatic nitrogens is 2. The van der Waals surface area contributed by atoms with Crippen LogP contribution in [0.4, 0.5) is 10.7 Å². The fraction of sp³-hybridized carbons (Fsp3) is 0.550. The summed E-state index contributed by atoms with van der Waals surface area (Å²) < 4.78 is 6.93. The number of nitrogens with zero attached hydrogens (tertiary/aromatic N) is 3. The Bertz CT molecular complexity index is 965. The highest BCUT2D eigenvalue weighted by Crippen LogP contribution is 2.38. The van der Waals surface area contributed by atoms with Gasteiger partial charge in [0, 0.05) is 17.8 Å². The average molecular weight is 435 g/mol. The number of carbonyl (C=O) groups excluding carboxylic acids is 2. The van der Waals surface area contributed by atoms with Gasteiger partial charge in [0.2, 0.25) is 5.91 Å². The van der Waals surface area contributed by atoms with Gasteiger partial charge in [-0.3, -0.25) is 19.6 Å². The number of esters is 1. The van der Waals surface area contributed by atoms with E-state index in [1.807, 2.05) is 13.8 Å². The first-order valence-electron chi connectivity index (χ1n) is 10.1. The molecule has 2 aromatic rings. The number of nitrogens with one attached hydrogen (secondary N) is 1. The lowest BCUT2D eigenvalue weighted by Crippen LogP contribution is -2.19. The minimum Gasteiger partial charge on any atom is -0.459 e. The minimum atomic E-state index is -0.496. The second kappa shape index (κ2) is 9.38. The first kappa shape index (κ1) is 21.9. The topological polar surface area (TPSA) is 116 Å². The van der Waals surface area contributed by atoms with Gasteiger partial charge in [0.1, 0.15) is 16.9 Å². The van der Waals surface area contributed by atoms with Crippen molar-refractivity contribution < 1.29 is 19.2 Å². The summed E-state index contributed by atoms with van der Waals surface area (Å²) >= 11 is 1.44. The standard InChI is InChI=1S/C20H26N4O5S/c1-4-12(2)29-20(26)18-14-7-5-6-8-16(14)30-19(18)21-17(25)9-10-23-11-15(24(27)28)13(3)22-23/h11-12H,4-10H2,1-3H3,(H,21,25). The zero-order valence-electron chi connectivity index (χ0n) is 17.4. The summed E-state index contributed by atoms with van der Waals surface area (Å²) in [7, 11) is 0. The fourth-order valence-electron chi connectivity index (χ4n) is 3.40. The van der Waals surface area contributed by atoms with Gasteiger partial charge in [-0.05, 0) is 51.5 Å². The number of hydrogen-bond donors (Lipinski definition) is 1. The van der Waals surface area contributed by atoms with Crippen LogP contribution in [0.15, 0.2) is 6.20 Å². The number of carbonyl (C=O) groups is 2. The largest absolute Gasteiger partial charge is 0.459 e. The summed E-state index contributed by atoms with van der Waals surface area (Å²) in [6.45, 7) is 5.56. The summed E-state index contributed by atoms with van der Waals surface area (Å²) in [5.41, 5.74) is 1.71. The Balaban J connectivity index is 1.73. The summed E-state index contributed by atoms with van der Waals surface area (Å²) in [5, 5.41) is 18.4. The normalized spacial score (nSPS) is 14.1. The van der Waals surface area contributed by atoms with Gasteiger partial charge in [-0.15, -0.1) is 11.3 Å². The Morgan fingerprint density at radius 3 is 2.80 bits per heavy atom. The van der Waals surface area contributed by atoms with Crippen LogP contribution in [0.25, 0.3) is 0 Å². The molecule has 0 saturated carbocycles. The third-order valence-corrected chi connectivity index (χ3v) is 6.40. The molecule has 1 aliphatic carbocycles. The van der Waals surface area contributed by atoms with Gasteiger partial charge in [0.05, 0.1) is 16.6 Å². The van der Waals surface area contributed by atoms with Crippen LogP contribution in [0.2, 0.25) is 0 Å². The van der Waals surface area contributed by atoms with Crippen molar-refractivity contribution in [2.75, 3.05) is 5.32 Å². The highest BCUT2D eigenvalue weighted by Gasteiger charge is 2.28. The van der Waals surface area contributed by atoms with Crippen molar-refractivity contribution in [1.29, 1.82) is 0 Å². The van der Waals surface area contributed by atoms with Gasteiger partial charge in [-0.25, -0.2) is 4.79 Å². The lowest BCUT2D eigenvalue weighted by molar-refractivity contribution is -0.385. The van der Waals surface area contributed by atoms with E-state index >= 15 is 0 Å². The molecule has 0 spiro atoms. The van der Waals surface area contributed by atoms with E-state index in [1.165, 1.54) is 22.2 Å². The van der Waals surface area contributed by atoms with Crippen LogP contribution in [-0.4, -0.2) is 32.7 Å². The minimum absolute atomic E-state index is 0.0728. The number of fused-ring (bicyclic) bond motifs is 1. The predicted molar refractivity (Wildman–Crippen MR) is 113 cm³/mol. The molecule has 9 nitrogen and oxygen atoms in total. The summed E-state index contributed by atoms with van der Waals surface area (Å²) in [6.07, 6.45) is 5.71. The highest BCUT2D eigenvalue weighted by molar-refractivity contribution is 7.17. The molecular formula is C20H26N4O5S. The molecule has 1 atom stereocenters. The zero-order valence-corrected chi connectivity index (χ0v) is 18.2. The lowest BCUT2D eigenvalue weighted by Gasteiger charge is -2.15. The molecule has 3 rings (SSSR count). The molecule has 10 heteroatoms. The molecule has 0 fully saturated rings. The van der Waals surface area contributed by atoms with Crippen molar-refractivity contribution in [1.82, 2.24) is 9.78 Å². The molecule has 0 aliphatic heterocycles. The number of rotatable bonds is 8. The Morgan fingerprint density at radius 1 is 1.40 bits per heavy atom. The number of nitro groups is 1. The summed E-state index contributed by atoms with van der Waals surface area (Å²) in [5.74, 6) is -0.667. The van der Waals surface area contributed by atoms with E-state index in [1.54, 1.807) is 6.92 Å². The van der Waals surface area contributed by atoms with Crippen molar-refractivity contribution in [2.45, 2.75) is 71.9 Å². The van der Waals surface area contributed by atoms with E-state index < -0.39 is 10.9 Å². The Labute approximate surface area is 178 Å². The number of anilines is 1. The van der Waals surface area contributed by atoms with Crippen molar-refractivity contribution >= 4 is 33.9 Å². The van der Waals surface area contributed by atoms with Crippen molar-refractivity contribution in [3.8, 4) is 0 Å². The molecule has 1 aliphatic rings. The molecule has 2 heterocycles. The summed E-state index contributed by atoms with van der Waals surface area (Å²) in [6, 6.07) is 0. The molecule has 0 radical (unpaired) electrons.